The molecule has 0 aliphatic rings. The van der Waals surface area contributed by atoms with E-state index in [0.717, 1.165) is 0 Å². The Labute approximate surface area is 119 Å². The predicted octanol–water partition coefficient (Wildman–Crippen LogP) is -1.43. The Morgan fingerprint density at radius 3 is 2.44 bits per heavy atom. The maximum absolute atomic E-state index is 11.0. The standard InChI is InChI=1S/C10H12O4S.Na.H/c1-8(11)6-7-9-4-2-3-5-10(9)15(12,13)14;;/h2-5H,6-7H2,1H3,(H,12,13,14);;/q;+1;-1. The minimum absolute atomic E-state index is 0. The second-order valence-corrected chi connectivity index (χ2v) is 4.67. The second-order valence-electron chi connectivity index (χ2n) is 3.28. The molecule has 1 aromatic rings. The molecule has 1 rings (SSSR count). The van der Waals surface area contributed by atoms with Crippen molar-refractivity contribution in [1.82, 2.24) is 0 Å². The molecule has 0 spiro atoms. The minimum atomic E-state index is -4.19. The van der Waals surface area contributed by atoms with E-state index in [2.05, 4.69) is 0 Å². The monoisotopic (exact) mass is 252 g/mol. The number of hydrogen-bond acceptors (Lipinski definition) is 3. The van der Waals surface area contributed by atoms with Gasteiger partial charge in [-0.1, -0.05) is 18.2 Å². The third kappa shape index (κ3) is 4.76. The molecule has 0 bridgehead atoms. The zero-order valence-corrected chi connectivity index (χ0v) is 12.1. The van der Waals surface area contributed by atoms with Crippen LogP contribution < -0.4 is 29.6 Å². The molecule has 0 amide bonds. The molecule has 0 heterocycles. The first-order chi connectivity index (χ1) is 6.91. The first kappa shape index (κ1) is 15.8. The van der Waals surface area contributed by atoms with Crippen molar-refractivity contribution in [2.75, 3.05) is 0 Å². The summed E-state index contributed by atoms with van der Waals surface area (Å²) in [6.45, 7) is 1.44. The summed E-state index contributed by atoms with van der Waals surface area (Å²) in [5.41, 5.74) is 0.468. The molecule has 0 aliphatic carbocycles. The summed E-state index contributed by atoms with van der Waals surface area (Å²) in [6.07, 6.45) is 0.595. The van der Waals surface area contributed by atoms with E-state index in [9.17, 15) is 13.2 Å². The van der Waals surface area contributed by atoms with Crippen LogP contribution in [0.4, 0.5) is 0 Å². The summed E-state index contributed by atoms with van der Waals surface area (Å²) in [6, 6.07) is 6.11. The fraction of sp³-hybridized carbons (Fsp3) is 0.300. The largest absolute Gasteiger partial charge is 1.00 e. The van der Waals surface area contributed by atoms with Gasteiger partial charge >= 0.3 is 29.6 Å². The predicted molar refractivity (Wildman–Crippen MR) is 56.4 cm³/mol. The SMILES string of the molecule is CC(=O)CCc1ccccc1S(=O)(=O)O.[H-].[Na+]. The summed E-state index contributed by atoms with van der Waals surface area (Å²) in [4.78, 5) is 10.6. The fourth-order valence-electron chi connectivity index (χ4n) is 1.27. The van der Waals surface area contributed by atoms with Gasteiger partial charge < -0.3 is 6.22 Å². The fourth-order valence-corrected chi connectivity index (χ4v) is 2.02. The molecule has 16 heavy (non-hydrogen) atoms. The average Bonchev–Trinajstić information content (AvgIpc) is 2.13. The van der Waals surface area contributed by atoms with Crippen LogP contribution in [0.15, 0.2) is 29.2 Å². The van der Waals surface area contributed by atoms with Crippen LogP contribution in [-0.2, 0) is 21.3 Å². The number of hydrogen-bond donors (Lipinski definition) is 1. The van der Waals surface area contributed by atoms with Crippen molar-refractivity contribution in [3.63, 3.8) is 0 Å². The van der Waals surface area contributed by atoms with Gasteiger partial charge in [0.05, 0.1) is 4.90 Å². The minimum Gasteiger partial charge on any atom is -1.00 e. The van der Waals surface area contributed by atoms with E-state index >= 15 is 0 Å². The topological polar surface area (TPSA) is 71.4 Å². The molecule has 0 saturated heterocycles. The molecule has 0 aromatic heterocycles. The zero-order valence-electron chi connectivity index (χ0n) is 10.3. The molecule has 0 radical (unpaired) electrons. The number of aryl methyl sites for hydroxylation is 1. The van der Waals surface area contributed by atoms with Crippen molar-refractivity contribution in [2.45, 2.75) is 24.7 Å². The van der Waals surface area contributed by atoms with E-state index in [1.807, 2.05) is 0 Å². The van der Waals surface area contributed by atoms with Gasteiger partial charge in [-0.25, -0.2) is 0 Å². The summed E-state index contributed by atoms with van der Waals surface area (Å²) in [5, 5.41) is 0. The molecule has 0 unspecified atom stereocenters. The quantitative estimate of drug-likeness (QED) is 0.527. The van der Waals surface area contributed by atoms with Gasteiger partial charge in [0, 0.05) is 6.42 Å². The van der Waals surface area contributed by atoms with E-state index in [-0.39, 0.29) is 48.1 Å². The van der Waals surface area contributed by atoms with Crippen LogP contribution in [0, 0.1) is 0 Å². The molecule has 0 fully saturated rings. The molecule has 1 N–H and O–H groups in total. The number of rotatable bonds is 4. The molecule has 4 nitrogen and oxygen atoms in total. The zero-order chi connectivity index (χ0) is 11.5. The van der Waals surface area contributed by atoms with E-state index in [1.54, 1.807) is 12.1 Å². The molecule has 84 valence electrons. The van der Waals surface area contributed by atoms with Crippen molar-refractivity contribution in [1.29, 1.82) is 0 Å². The number of carbonyl (C=O) groups excluding carboxylic acids is 1. The normalized spacial score (nSPS) is 10.6. The van der Waals surface area contributed by atoms with Crippen LogP contribution in [0.25, 0.3) is 0 Å². The van der Waals surface area contributed by atoms with E-state index in [4.69, 9.17) is 4.55 Å². The maximum Gasteiger partial charge on any atom is 1.00 e. The van der Waals surface area contributed by atoms with Crippen molar-refractivity contribution in [3.05, 3.63) is 29.8 Å². The van der Waals surface area contributed by atoms with Crippen molar-refractivity contribution in [3.8, 4) is 0 Å². The van der Waals surface area contributed by atoms with Gasteiger partial charge in [-0.15, -0.1) is 0 Å². The van der Waals surface area contributed by atoms with E-state index in [0.29, 0.717) is 12.0 Å². The van der Waals surface area contributed by atoms with Gasteiger partial charge in [-0.3, -0.25) is 4.55 Å². The van der Waals surface area contributed by atoms with Crippen LogP contribution in [0.3, 0.4) is 0 Å². The molecule has 6 heteroatoms. The summed E-state index contributed by atoms with van der Waals surface area (Å²) in [5.74, 6) is -0.0138. The Morgan fingerprint density at radius 2 is 1.94 bits per heavy atom. The molecule has 1 aromatic carbocycles. The number of ketones is 1. The number of carbonyl (C=O) groups is 1. The molecule has 0 atom stereocenters. The van der Waals surface area contributed by atoms with Crippen LogP contribution in [0.1, 0.15) is 20.3 Å². The molecular formula is C10H13NaO4S. The summed E-state index contributed by atoms with van der Waals surface area (Å²) < 4.78 is 30.9. The number of benzene rings is 1. The van der Waals surface area contributed by atoms with Gasteiger partial charge in [-0.2, -0.15) is 8.42 Å². The van der Waals surface area contributed by atoms with Crippen LogP contribution >= 0.6 is 0 Å². The van der Waals surface area contributed by atoms with Crippen LogP contribution in [0.2, 0.25) is 0 Å². The Kier molecular flexibility index (Phi) is 6.43. The first-order valence-corrected chi connectivity index (χ1v) is 5.90. The Bertz CT molecular complexity index is 473. The average molecular weight is 252 g/mol. The van der Waals surface area contributed by atoms with Gasteiger partial charge in [0.25, 0.3) is 10.1 Å². The number of Topliss-reactive ketones (excluding diaryl/α,β-unsaturated/α-hetero) is 1. The first-order valence-electron chi connectivity index (χ1n) is 4.46. The second kappa shape index (κ2) is 6.51. The van der Waals surface area contributed by atoms with Gasteiger partial charge in [0.15, 0.2) is 0 Å². The van der Waals surface area contributed by atoms with Gasteiger partial charge in [-0.05, 0) is 25.0 Å². The Balaban J connectivity index is 0. The van der Waals surface area contributed by atoms with E-state index in [1.165, 1.54) is 19.1 Å². The smallest absolute Gasteiger partial charge is 1.00 e. The van der Waals surface area contributed by atoms with Crippen molar-refractivity contribution >= 4 is 15.9 Å². The molecule has 0 saturated carbocycles. The van der Waals surface area contributed by atoms with Crippen LogP contribution in [-0.4, -0.2) is 18.8 Å². The molecule has 0 aliphatic heterocycles. The Hall–Kier alpha value is -0.200. The van der Waals surface area contributed by atoms with Crippen molar-refractivity contribution < 1.29 is 48.7 Å². The van der Waals surface area contributed by atoms with E-state index < -0.39 is 10.1 Å². The van der Waals surface area contributed by atoms with Gasteiger partial charge in [0.1, 0.15) is 5.78 Å². The summed E-state index contributed by atoms with van der Waals surface area (Å²) in [7, 11) is -4.19. The third-order valence-corrected chi connectivity index (χ3v) is 2.95. The Morgan fingerprint density at radius 1 is 1.38 bits per heavy atom. The van der Waals surface area contributed by atoms with Crippen LogP contribution in [0.5, 0.6) is 0 Å². The maximum atomic E-state index is 11.0. The summed E-state index contributed by atoms with van der Waals surface area (Å²) >= 11 is 0. The molecular weight excluding hydrogens is 239 g/mol. The third-order valence-electron chi connectivity index (χ3n) is 2.00. The van der Waals surface area contributed by atoms with Crippen molar-refractivity contribution in [2.24, 2.45) is 0 Å². The van der Waals surface area contributed by atoms with Gasteiger partial charge in [0.2, 0.25) is 0 Å².